The number of carbonyl (C=O) groups excluding carboxylic acids is 1. The van der Waals surface area contributed by atoms with Gasteiger partial charge in [-0.25, -0.2) is 4.98 Å². The number of imidazole rings is 1. The van der Waals surface area contributed by atoms with Gasteiger partial charge in [0.25, 0.3) is 0 Å². The molecule has 0 spiro atoms. The van der Waals surface area contributed by atoms with Crippen LogP contribution in [0.3, 0.4) is 0 Å². The van der Waals surface area contributed by atoms with E-state index in [0.29, 0.717) is 11.6 Å². The Balaban J connectivity index is 1.80. The van der Waals surface area contributed by atoms with Gasteiger partial charge >= 0.3 is 0 Å². The predicted molar refractivity (Wildman–Crippen MR) is 103 cm³/mol. The van der Waals surface area contributed by atoms with E-state index in [1.165, 1.54) is 5.56 Å². The first-order chi connectivity index (χ1) is 12.2. The van der Waals surface area contributed by atoms with E-state index < -0.39 is 0 Å². The van der Waals surface area contributed by atoms with Crippen molar-refractivity contribution in [1.82, 2.24) is 9.38 Å². The molecule has 0 N–H and O–H groups in total. The summed E-state index contributed by atoms with van der Waals surface area (Å²) in [6.07, 6.45) is 2.89. The number of nitrogens with zero attached hydrogens (tertiary/aromatic N) is 2. The number of thiazole rings is 1. The summed E-state index contributed by atoms with van der Waals surface area (Å²) in [6, 6.07) is 18.5. The minimum absolute atomic E-state index is 0.485. The highest BCUT2D eigenvalue weighted by molar-refractivity contribution is 7.20. The molecule has 0 aliphatic heterocycles. The van der Waals surface area contributed by atoms with Crippen molar-refractivity contribution in [3.05, 3.63) is 72.1 Å². The van der Waals surface area contributed by atoms with Gasteiger partial charge < -0.3 is 0 Å². The molecule has 0 saturated heterocycles. The Morgan fingerprint density at radius 2 is 1.72 bits per heavy atom. The zero-order valence-electron chi connectivity index (χ0n) is 14.1. The molecule has 0 aliphatic rings. The van der Waals surface area contributed by atoms with Gasteiger partial charge in [0.2, 0.25) is 0 Å². The fraction of sp³-hybridized carbons (Fsp3) is 0.143. The molecule has 0 radical (unpaired) electrons. The molecule has 3 nitrogen and oxygen atoms in total. The summed E-state index contributed by atoms with van der Waals surface area (Å²) in [7, 11) is 0. The molecule has 124 valence electrons. The molecule has 0 unspecified atom stereocenters. The molecular formula is C21H18N2OS. The van der Waals surface area contributed by atoms with Gasteiger partial charge in [0.05, 0.1) is 4.88 Å². The van der Waals surface area contributed by atoms with Gasteiger partial charge in [0.1, 0.15) is 11.4 Å². The highest BCUT2D eigenvalue weighted by Crippen LogP contribution is 2.33. The van der Waals surface area contributed by atoms with E-state index >= 15 is 0 Å². The van der Waals surface area contributed by atoms with Crippen molar-refractivity contribution in [3.63, 3.8) is 0 Å². The summed E-state index contributed by atoms with van der Waals surface area (Å²) in [4.78, 5) is 18.4. The Hall–Kier alpha value is -2.72. The Bertz CT molecular complexity index is 1030. The third kappa shape index (κ3) is 2.79. The molecule has 0 atom stereocenters. The van der Waals surface area contributed by atoms with Crippen molar-refractivity contribution in [2.24, 2.45) is 0 Å². The maximum Gasteiger partial charge on any atom is 0.195 e. The number of carbonyl (C=O) groups is 1. The molecule has 4 rings (SSSR count). The largest absolute Gasteiger partial charge is 0.296 e. The number of rotatable bonds is 4. The molecule has 25 heavy (non-hydrogen) atoms. The van der Waals surface area contributed by atoms with E-state index in [-0.39, 0.29) is 0 Å². The van der Waals surface area contributed by atoms with E-state index in [9.17, 15) is 4.79 Å². The van der Waals surface area contributed by atoms with Crippen LogP contribution in [0.15, 0.2) is 60.8 Å². The quantitative estimate of drug-likeness (QED) is 0.446. The van der Waals surface area contributed by atoms with E-state index in [2.05, 4.69) is 38.1 Å². The van der Waals surface area contributed by atoms with Crippen LogP contribution in [0.25, 0.3) is 26.7 Å². The van der Waals surface area contributed by atoms with Crippen LogP contribution in [0, 0.1) is 0 Å². The third-order valence-electron chi connectivity index (χ3n) is 4.38. The maximum absolute atomic E-state index is 11.7. The van der Waals surface area contributed by atoms with Crippen LogP contribution in [0.1, 0.15) is 35.8 Å². The number of benzene rings is 2. The van der Waals surface area contributed by atoms with Crippen LogP contribution in [0.2, 0.25) is 0 Å². The van der Waals surface area contributed by atoms with Crippen LogP contribution in [-0.2, 0) is 0 Å². The molecule has 0 bridgehead atoms. The molecule has 4 heteroatoms. The lowest BCUT2D eigenvalue weighted by atomic mass is 10.0. The van der Waals surface area contributed by atoms with Gasteiger partial charge in [0.15, 0.2) is 11.2 Å². The summed E-state index contributed by atoms with van der Waals surface area (Å²) < 4.78 is 1.89. The summed E-state index contributed by atoms with van der Waals surface area (Å²) in [5.74, 6) is 0.485. The molecule has 2 aromatic carbocycles. The Labute approximate surface area is 150 Å². The maximum atomic E-state index is 11.7. The number of hydrogen-bond donors (Lipinski definition) is 0. The van der Waals surface area contributed by atoms with E-state index in [0.717, 1.165) is 32.9 Å². The van der Waals surface area contributed by atoms with Crippen molar-refractivity contribution in [1.29, 1.82) is 0 Å². The third-order valence-corrected chi connectivity index (χ3v) is 5.42. The lowest BCUT2D eigenvalue weighted by Crippen LogP contribution is -1.91. The van der Waals surface area contributed by atoms with Gasteiger partial charge in [-0.1, -0.05) is 79.8 Å². The fourth-order valence-electron chi connectivity index (χ4n) is 2.95. The van der Waals surface area contributed by atoms with Crippen molar-refractivity contribution in [3.8, 4) is 21.7 Å². The predicted octanol–water partition coefficient (Wildman–Crippen LogP) is 5.67. The first-order valence-corrected chi connectivity index (χ1v) is 9.12. The smallest absolute Gasteiger partial charge is 0.195 e. The molecular weight excluding hydrogens is 328 g/mol. The van der Waals surface area contributed by atoms with Crippen LogP contribution >= 0.6 is 11.3 Å². The highest BCUT2D eigenvalue weighted by Gasteiger charge is 2.16. The van der Waals surface area contributed by atoms with Gasteiger partial charge in [-0.05, 0) is 17.0 Å². The van der Waals surface area contributed by atoms with Gasteiger partial charge in [0, 0.05) is 11.8 Å². The molecule has 2 heterocycles. The zero-order valence-corrected chi connectivity index (χ0v) is 15.0. The van der Waals surface area contributed by atoms with Gasteiger partial charge in [-0.2, -0.15) is 0 Å². The van der Waals surface area contributed by atoms with Crippen molar-refractivity contribution in [2.75, 3.05) is 0 Å². The molecule has 0 fully saturated rings. The minimum atomic E-state index is 0.485. The van der Waals surface area contributed by atoms with Crippen molar-refractivity contribution < 1.29 is 4.79 Å². The average Bonchev–Trinajstić information content (AvgIpc) is 3.20. The van der Waals surface area contributed by atoms with Crippen molar-refractivity contribution in [2.45, 2.75) is 19.8 Å². The summed E-state index contributed by atoms with van der Waals surface area (Å²) >= 11 is 1.60. The molecule has 0 aliphatic carbocycles. The summed E-state index contributed by atoms with van der Waals surface area (Å²) in [5.41, 5.74) is 4.74. The second kappa shape index (κ2) is 6.30. The summed E-state index contributed by atoms with van der Waals surface area (Å²) in [6.45, 7) is 4.34. The first-order valence-electron chi connectivity index (χ1n) is 8.30. The minimum Gasteiger partial charge on any atom is -0.296 e. The lowest BCUT2D eigenvalue weighted by Gasteiger charge is -2.06. The Kier molecular flexibility index (Phi) is 3.98. The normalized spacial score (nSPS) is 11.3. The number of aromatic nitrogens is 2. The van der Waals surface area contributed by atoms with E-state index in [1.807, 2.05) is 40.9 Å². The monoisotopic (exact) mass is 346 g/mol. The van der Waals surface area contributed by atoms with E-state index in [1.54, 1.807) is 11.3 Å². The number of fused-ring (bicyclic) bond motifs is 1. The van der Waals surface area contributed by atoms with Crippen LogP contribution in [0.5, 0.6) is 0 Å². The van der Waals surface area contributed by atoms with Gasteiger partial charge in [-0.15, -0.1) is 0 Å². The fourth-order valence-corrected chi connectivity index (χ4v) is 3.94. The Morgan fingerprint density at radius 3 is 2.36 bits per heavy atom. The second-order valence-corrected chi connectivity index (χ2v) is 7.36. The van der Waals surface area contributed by atoms with Crippen LogP contribution in [0.4, 0.5) is 0 Å². The number of hydrogen-bond acceptors (Lipinski definition) is 3. The van der Waals surface area contributed by atoms with Crippen LogP contribution in [-0.4, -0.2) is 15.7 Å². The molecule has 0 saturated carbocycles. The zero-order chi connectivity index (χ0) is 17.4. The molecule has 2 aromatic heterocycles. The SMILES string of the molecule is CC(C)c1ccc(-c2nc3sc(-c4ccccc4)cn3c2C=O)cc1. The van der Waals surface area contributed by atoms with Crippen LogP contribution < -0.4 is 0 Å². The Morgan fingerprint density at radius 1 is 1.00 bits per heavy atom. The topological polar surface area (TPSA) is 34.4 Å². The summed E-state index contributed by atoms with van der Waals surface area (Å²) in [5, 5.41) is 0. The van der Waals surface area contributed by atoms with Gasteiger partial charge in [-0.3, -0.25) is 9.20 Å². The van der Waals surface area contributed by atoms with E-state index in [4.69, 9.17) is 4.98 Å². The number of aldehydes is 1. The molecule has 4 aromatic rings. The second-order valence-electron chi connectivity index (χ2n) is 6.35. The molecule has 0 amide bonds. The first kappa shape index (κ1) is 15.8. The lowest BCUT2D eigenvalue weighted by molar-refractivity contribution is 0.111. The highest BCUT2D eigenvalue weighted by atomic mass is 32.1. The average molecular weight is 346 g/mol. The standard InChI is InChI=1S/C21H18N2OS/c1-14(2)15-8-10-17(11-9-15)20-18(13-24)23-12-19(25-21(23)22-20)16-6-4-3-5-7-16/h3-14H,1-2H3. The van der Waals surface area contributed by atoms with Crippen molar-refractivity contribution >= 4 is 22.6 Å².